The molecule has 0 atom stereocenters. The van der Waals surface area contributed by atoms with Crippen LogP contribution in [0.3, 0.4) is 0 Å². The Morgan fingerprint density at radius 1 is 0.882 bits per heavy atom. The summed E-state index contributed by atoms with van der Waals surface area (Å²) < 4.78 is 0. The minimum atomic E-state index is 0.322. The molecule has 2 aromatic rings. The van der Waals surface area contributed by atoms with E-state index >= 15 is 0 Å². The van der Waals surface area contributed by atoms with Crippen LogP contribution < -0.4 is 5.32 Å². The van der Waals surface area contributed by atoms with Gasteiger partial charge in [0, 0.05) is 12.7 Å². The second kappa shape index (κ2) is 10.2. The highest BCUT2D eigenvalue weighted by molar-refractivity contribution is 5.41. The molecule has 0 saturated carbocycles. The standard InChI is InChI=1S/C7H9N.C6H6O.CH2O/c1-8-7-5-3-2-4-6-7;7-6-4-2-1-3-5-6;1-2/h2-6,8H,1H3;1-5,7H;1H2. The van der Waals surface area contributed by atoms with Gasteiger partial charge >= 0.3 is 0 Å². The first-order valence-corrected chi connectivity index (χ1v) is 5.08. The average Bonchev–Trinajstić information content (AvgIpc) is 2.43. The second-order valence-electron chi connectivity index (χ2n) is 2.95. The van der Waals surface area contributed by atoms with E-state index in [2.05, 4.69) is 5.32 Å². The van der Waals surface area contributed by atoms with E-state index in [9.17, 15) is 0 Å². The summed E-state index contributed by atoms with van der Waals surface area (Å²) in [5.41, 5.74) is 1.16. The third-order valence-corrected chi connectivity index (χ3v) is 1.82. The molecule has 2 rings (SSSR count). The molecular formula is C14H17NO2. The van der Waals surface area contributed by atoms with Gasteiger partial charge in [0.1, 0.15) is 12.5 Å². The van der Waals surface area contributed by atoms with Crippen molar-refractivity contribution in [2.24, 2.45) is 0 Å². The summed E-state index contributed by atoms with van der Waals surface area (Å²) in [4.78, 5) is 8.00. The lowest BCUT2D eigenvalue weighted by Crippen LogP contribution is -1.84. The third kappa shape index (κ3) is 7.62. The molecule has 0 spiro atoms. The van der Waals surface area contributed by atoms with Gasteiger partial charge in [-0.2, -0.15) is 0 Å². The Morgan fingerprint density at radius 2 is 1.29 bits per heavy atom. The molecule has 2 N–H and O–H groups in total. The molecule has 3 nitrogen and oxygen atoms in total. The van der Waals surface area contributed by atoms with E-state index in [4.69, 9.17) is 9.90 Å². The largest absolute Gasteiger partial charge is 0.508 e. The summed E-state index contributed by atoms with van der Waals surface area (Å²) in [6.07, 6.45) is 0. The maximum atomic E-state index is 8.63. The Hall–Kier alpha value is -2.29. The number of nitrogens with one attached hydrogen (secondary N) is 1. The Balaban J connectivity index is 0.000000265. The number of hydrogen-bond acceptors (Lipinski definition) is 3. The molecule has 0 heterocycles. The lowest BCUT2D eigenvalue weighted by molar-refractivity contribution is -0.0979. The molecule has 0 aromatic heterocycles. The van der Waals surface area contributed by atoms with Crippen molar-refractivity contribution < 1.29 is 9.90 Å². The highest BCUT2D eigenvalue weighted by Gasteiger charge is 1.78. The van der Waals surface area contributed by atoms with Crippen molar-refractivity contribution in [2.75, 3.05) is 12.4 Å². The predicted octanol–water partition coefficient (Wildman–Crippen LogP) is 2.94. The molecule has 17 heavy (non-hydrogen) atoms. The van der Waals surface area contributed by atoms with Crippen molar-refractivity contribution in [3.8, 4) is 5.75 Å². The Morgan fingerprint density at radius 3 is 1.53 bits per heavy atom. The van der Waals surface area contributed by atoms with Crippen LogP contribution in [0.15, 0.2) is 60.7 Å². The van der Waals surface area contributed by atoms with Crippen LogP contribution in [0.5, 0.6) is 5.75 Å². The van der Waals surface area contributed by atoms with Crippen LogP contribution in [0.1, 0.15) is 0 Å². The van der Waals surface area contributed by atoms with Gasteiger partial charge in [-0.3, -0.25) is 0 Å². The number of phenolic OH excluding ortho intramolecular Hbond substituents is 1. The first kappa shape index (κ1) is 14.7. The zero-order valence-electron chi connectivity index (χ0n) is 9.84. The number of para-hydroxylation sites is 2. The minimum Gasteiger partial charge on any atom is -0.508 e. The summed E-state index contributed by atoms with van der Waals surface area (Å²) >= 11 is 0. The van der Waals surface area contributed by atoms with Gasteiger partial charge in [-0.1, -0.05) is 36.4 Å². The molecule has 0 aliphatic carbocycles. The normalized spacial score (nSPS) is 7.82. The number of aromatic hydroxyl groups is 1. The van der Waals surface area contributed by atoms with Gasteiger partial charge in [0.25, 0.3) is 0 Å². The highest BCUT2D eigenvalue weighted by atomic mass is 16.3. The van der Waals surface area contributed by atoms with Crippen LogP contribution in [0.2, 0.25) is 0 Å². The number of anilines is 1. The van der Waals surface area contributed by atoms with Crippen LogP contribution in [0.4, 0.5) is 5.69 Å². The van der Waals surface area contributed by atoms with Crippen LogP contribution in [0, 0.1) is 0 Å². The number of carbonyl (C=O) groups excluding carboxylic acids is 1. The molecule has 0 aliphatic rings. The zero-order valence-corrected chi connectivity index (χ0v) is 9.84. The van der Waals surface area contributed by atoms with E-state index in [1.807, 2.05) is 50.2 Å². The van der Waals surface area contributed by atoms with Crippen molar-refractivity contribution in [1.82, 2.24) is 0 Å². The predicted molar refractivity (Wildman–Crippen MR) is 71.2 cm³/mol. The fraction of sp³-hybridized carbons (Fsp3) is 0.0714. The molecule has 3 heteroatoms. The monoisotopic (exact) mass is 231 g/mol. The lowest BCUT2D eigenvalue weighted by Gasteiger charge is -1.94. The molecule has 0 radical (unpaired) electrons. The molecule has 0 saturated heterocycles. The van der Waals surface area contributed by atoms with E-state index < -0.39 is 0 Å². The Kier molecular flexibility index (Phi) is 8.86. The fourth-order valence-electron chi connectivity index (χ4n) is 1.03. The van der Waals surface area contributed by atoms with Crippen molar-refractivity contribution >= 4 is 12.5 Å². The van der Waals surface area contributed by atoms with E-state index in [0.29, 0.717) is 5.75 Å². The SMILES string of the molecule is C=O.CNc1ccccc1.Oc1ccccc1. The Bertz CT molecular complexity index is 376. The van der Waals surface area contributed by atoms with E-state index in [1.54, 1.807) is 24.3 Å². The van der Waals surface area contributed by atoms with Gasteiger partial charge in [0.05, 0.1) is 0 Å². The number of carbonyl (C=O) groups is 1. The van der Waals surface area contributed by atoms with Crippen LogP contribution in [-0.2, 0) is 4.79 Å². The van der Waals surface area contributed by atoms with E-state index in [1.165, 1.54) is 0 Å². The van der Waals surface area contributed by atoms with Crippen molar-refractivity contribution in [1.29, 1.82) is 0 Å². The number of benzene rings is 2. The molecule has 0 unspecified atom stereocenters. The summed E-state index contributed by atoms with van der Waals surface area (Å²) in [6.45, 7) is 2.00. The molecule has 0 bridgehead atoms. The third-order valence-electron chi connectivity index (χ3n) is 1.82. The maximum absolute atomic E-state index is 8.63. The first-order valence-electron chi connectivity index (χ1n) is 5.08. The molecular weight excluding hydrogens is 214 g/mol. The second-order valence-corrected chi connectivity index (χ2v) is 2.95. The molecule has 0 aliphatic heterocycles. The van der Waals surface area contributed by atoms with Crippen molar-refractivity contribution in [3.63, 3.8) is 0 Å². The van der Waals surface area contributed by atoms with Crippen LogP contribution >= 0.6 is 0 Å². The summed E-state index contributed by atoms with van der Waals surface area (Å²) in [7, 11) is 1.91. The molecule has 2 aromatic carbocycles. The van der Waals surface area contributed by atoms with Gasteiger partial charge in [0.15, 0.2) is 0 Å². The average molecular weight is 231 g/mol. The maximum Gasteiger partial charge on any atom is 0.115 e. The first-order chi connectivity index (χ1) is 8.33. The summed E-state index contributed by atoms with van der Waals surface area (Å²) in [5, 5.41) is 11.7. The van der Waals surface area contributed by atoms with Gasteiger partial charge in [0.2, 0.25) is 0 Å². The van der Waals surface area contributed by atoms with E-state index in [-0.39, 0.29) is 0 Å². The topological polar surface area (TPSA) is 49.3 Å². The number of phenols is 1. The zero-order chi connectivity index (χ0) is 12.9. The fourth-order valence-corrected chi connectivity index (χ4v) is 1.03. The van der Waals surface area contributed by atoms with Gasteiger partial charge in [-0.05, 0) is 24.3 Å². The quantitative estimate of drug-likeness (QED) is 0.793. The molecule has 90 valence electrons. The van der Waals surface area contributed by atoms with Crippen LogP contribution in [0.25, 0.3) is 0 Å². The number of rotatable bonds is 1. The van der Waals surface area contributed by atoms with Gasteiger partial charge in [-0.25, -0.2) is 0 Å². The van der Waals surface area contributed by atoms with Crippen LogP contribution in [-0.4, -0.2) is 18.9 Å². The van der Waals surface area contributed by atoms with Crippen molar-refractivity contribution in [2.45, 2.75) is 0 Å². The minimum absolute atomic E-state index is 0.322. The van der Waals surface area contributed by atoms with E-state index in [0.717, 1.165) is 5.69 Å². The summed E-state index contributed by atoms with van der Waals surface area (Å²) in [5.74, 6) is 0.322. The molecule has 0 fully saturated rings. The smallest absolute Gasteiger partial charge is 0.115 e. The van der Waals surface area contributed by atoms with Crippen molar-refractivity contribution in [3.05, 3.63) is 60.7 Å². The lowest BCUT2D eigenvalue weighted by atomic mass is 10.3. The molecule has 0 amide bonds. The van der Waals surface area contributed by atoms with Gasteiger partial charge in [-0.15, -0.1) is 0 Å². The highest BCUT2D eigenvalue weighted by Crippen LogP contribution is 2.03. The summed E-state index contributed by atoms with van der Waals surface area (Å²) in [6, 6.07) is 18.8. The Labute approximate surface area is 102 Å². The van der Waals surface area contributed by atoms with Gasteiger partial charge < -0.3 is 15.2 Å². The number of hydrogen-bond donors (Lipinski definition) is 2.